The molecule has 0 aromatic heterocycles. The van der Waals surface area contributed by atoms with E-state index in [2.05, 4.69) is 147 Å². The Bertz CT molecular complexity index is 1310. The van der Waals surface area contributed by atoms with E-state index in [0.29, 0.717) is 11.3 Å². The minimum atomic E-state index is 0. The van der Waals surface area contributed by atoms with Gasteiger partial charge in [-0.05, 0) is 124 Å². The molecule has 1 saturated carbocycles. The van der Waals surface area contributed by atoms with E-state index in [4.69, 9.17) is 0 Å². The summed E-state index contributed by atoms with van der Waals surface area (Å²) in [5.41, 5.74) is 11.3. The van der Waals surface area contributed by atoms with Gasteiger partial charge >= 0.3 is 0 Å². The van der Waals surface area contributed by atoms with E-state index in [1.165, 1.54) is 76.6 Å². The smallest absolute Gasteiger partial charge is 0 e. The Morgan fingerprint density at radius 3 is 1.98 bits per heavy atom. The number of benzene rings is 3. The standard InChI is InChI=1S/C26H38.C10H12.C8H10.H2/c1-7-10-22-12-14-23(15-13-22)18-21(5)24(17-20(3)4)19-25-11-9-16-26(25,6)8-2;1-3-9(2)10-7-5-4-6-8-10;1-7-5-3-4-6-8(7)2;/h7,12-15,24-25H,1,3,5,8-11,16-19H2,2,4,6H3;3-8H,1-2H3;3-6H,1-2H3;1H/b;9-3+;;. The molecular weight excluding hydrogens is 528 g/mol. The Balaban J connectivity index is 0.000000433. The number of hydrogen-bond acceptors (Lipinski definition) is 0. The van der Waals surface area contributed by atoms with E-state index in [-0.39, 0.29) is 1.43 Å². The van der Waals surface area contributed by atoms with E-state index in [9.17, 15) is 0 Å². The van der Waals surface area contributed by atoms with E-state index in [0.717, 1.165) is 25.2 Å². The summed E-state index contributed by atoms with van der Waals surface area (Å²) in [7, 11) is 0. The SMILES string of the molecule is C/C=C(\C)c1ccccc1.C=CCc1ccc(CC(=C)C(CC(=C)C)CC2CCCC2(C)CC)cc1.Cc1ccccc1C.[HH]. The predicted octanol–water partition coefficient (Wildman–Crippen LogP) is 13.4. The molecule has 0 bridgehead atoms. The number of rotatable bonds is 11. The van der Waals surface area contributed by atoms with Crippen molar-refractivity contribution < 1.29 is 1.43 Å². The molecule has 3 atom stereocenters. The second-order valence-corrected chi connectivity index (χ2v) is 13.3. The molecule has 1 aliphatic rings. The Hall–Kier alpha value is -3.38. The maximum atomic E-state index is 4.52. The highest BCUT2D eigenvalue weighted by Crippen LogP contribution is 2.49. The van der Waals surface area contributed by atoms with Gasteiger partial charge in [0.1, 0.15) is 0 Å². The first-order valence-corrected chi connectivity index (χ1v) is 16.7. The summed E-state index contributed by atoms with van der Waals surface area (Å²) in [6.07, 6.45) is 13.9. The highest BCUT2D eigenvalue weighted by molar-refractivity contribution is 5.62. The number of hydrogen-bond donors (Lipinski definition) is 0. The molecule has 1 aliphatic carbocycles. The van der Waals surface area contributed by atoms with Crippen LogP contribution in [0.5, 0.6) is 0 Å². The molecule has 0 nitrogen and oxygen atoms in total. The van der Waals surface area contributed by atoms with Gasteiger partial charge in [-0.25, -0.2) is 0 Å². The molecule has 0 amide bonds. The Kier molecular flexibility index (Phi) is 16.0. The zero-order valence-corrected chi connectivity index (χ0v) is 29.1. The van der Waals surface area contributed by atoms with Crippen LogP contribution in [0.15, 0.2) is 122 Å². The van der Waals surface area contributed by atoms with Gasteiger partial charge in [0.15, 0.2) is 0 Å². The molecule has 3 unspecified atom stereocenters. The molecule has 238 valence electrons. The fourth-order valence-electron chi connectivity index (χ4n) is 6.23. The Morgan fingerprint density at radius 1 is 0.909 bits per heavy atom. The van der Waals surface area contributed by atoms with Crippen molar-refractivity contribution in [3.8, 4) is 0 Å². The second-order valence-electron chi connectivity index (χ2n) is 13.3. The molecule has 3 aromatic carbocycles. The van der Waals surface area contributed by atoms with Crippen LogP contribution in [0.1, 0.15) is 102 Å². The predicted molar refractivity (Wildman–Crippen MR) is 200 cm³/mol. The summed E-state index contributed by atoms with van der Waals surface area (Å²) in [6, 6.07) is 27.7. The van der Waals surface area contributed by atoms with E-state index >= 15 is 0 Å². The van der Waals surface area contributed by atoms with E-state index < -0.39 is 0 Å². The summed E-state index contributed by atoms with van der Waals surface area (Å²) in [5.74, 6) is 1.40. The van der Waals surface area contributed by atoms with Crippen LogP contribution >= 0.6 is 0 Å². The van der Waals surface area contributed by atoms with Gasteiger partial charge in [0.05, 0.1) is 0 Å². The van der Waals surface area contributed by atoms with Gasteiger partial charge < -0.3 is 0 Å². The fraction of sp³-hybridized carbons (Fsp3) is 0.409. The lowest BCUT2D eigenvalue weighted by Gasteiger charge is -2.34. The van der Waals surface area contributed by atoms with Crippen molar-refractivity contribution in [2.24, 2.45) is 17.3 Å². The molecule has 4 rings (SSSR count). The average molecular weight is 591 g/mol. The zero-order valence-electron chi connectivity index (χ0n) is 29.1. The van der Waals surface area contributed by atoms with Gasteiger partial charge in [-0.2, -0.15) is 0 Å². The van der Waals surface area contributed by atoms with Gasteiger partial charge in [-0.15, -0.1) is 13.2 Å². The normalized spacial score (nSPS) is 18.2. The Morgan fingerprint density at radius 2 is 1.48 bits per heavy atom. The topological polar surface area (TPSA) is 0 Å². The highest BCUT2D eigenvalue weighted by Gasteiger charge is 2.38. The lowest BCUT2D eigenvalue weighted by Crippen LogP contribution is -2.24. The van der Waals surface area contributed by atoms with Crippen LogP contribution in [0.3, 0.4) is 0 Å². The third-order valence-corrected chi connectivity index (χ3v) is 9.76. The van der Waals surface area contributed by atoms with E-state index in [1.807, 2.05) is 12.1 Å². The summed E-state index contributed by atoms with van der Waals surface area (Å²) in [5, 5.41) is 0. The molecule has 0 N–H and O–H groups in total. The molecule has 3 aromatic rings. The minimum Gasteiger partial charge on any atom is -0.103 e. The van der Waals surface area contributed by atoms with Crippen molar-refractivity contribution in [3.63, 3.8) is 0 Å². The van der Waals surface area contributed by atoms with E-state index in [1.54, 1.807) is 0 Å². The first-order chi connectivity index (χ1) is 21.0. The molecule has 44 heavy (non-hydrogen) atoms. The molecular formula is C44H62. The number of allylic oxidation sites excluding steroid dienone is 5. The van der Waals surface area contributed by atoms with Crippen LogP contribution in [-0.4, -0.2) is 0 Å². The van der Waals surface area contributed by atoms with Crippen LogP contribution in [0.2, 0.25) is 0 Å². The summed E-state index contributed by atoms with van der Waals surface area (Å²) in [4.78, 5) is 0. The highest BCUT2D eigenvalue weighted by atomic mass is 14.4. The minimum absolute atomic E-state index is 0. The molecule has 0 heterocycles. The van der Waals surface area contributed by atoms with Crippen molar-refractivity contribution in [2.75, 3.05) is 0 Å². The van der Waals surface area contributed by atoms with Crippen molar-refractivity contribution in [2.45, 2.75) is 99.8 Å². The lowest BCUT2D eigenvalue weighted by molar-refractivity contribution is 0.189. The average Bonchev–Trinajstić information content (AvgIpc) is 3.40. The molecule has 0 saturated heterocycles. The van der Waals surface area contributed by atoms with Gasteiger partial charge in [-0.1, -0.05) is 135 Å². The summed E-state index contributed by atoms with van der Waals surface area (Å²) >= 11 is 0. The summed E-state index contributed by atoms with van der Waals surface area (Å²) < 4.78 is 0. The quantitative estimate of drug-likeness (QED) is 0.195. The third-order valence-electron chi connectivity index (χ3n) is 9.76. The van der Waals surface area contributed by atoms with Gasteiger partial charge in [0, 0.05) is 1.43 Å². The molecule has 0 radical (unpaired) electrons. The first-order valence-electron chi connectivity index (χ1n) is 16.7. The number of aryl methyl sites for hydroxylation is 2. The first kappa shape index (κ1) is 36.8. The van der Waals surface area contributed by atoms with Crippen LogP contribution in [0, 0.1) is 31.1 Å². The van der Waals surface area contributed by atoms with Gasteiger partial charge in [-0.3, -0.25) is 0 Å². The largest absolute Gasteiger partial charge is 0.103 e. The third kappa shape index (κ3) is 12.3. The van der Waals surface area contributed by atoms with Crippen molar-refractivity contribution in [3.05, 3.63) is 150 Å². The van der Waals surface area contributed by atoms with Gasteiger partial charge in [0.2, 0.25) is 0 Å². The maximum Gasteiger partial charge on any atom is 0 e. The molecule has 1 fully saturated rings. The Labute approximate surface area is 273 Å². The zero-order chi connectivity index (χ0) is 32.5. The van der Waals surface area contributed by atoms with Crippen LogP contribution < -0.4 is 0 Å². The van der Waals surface area contributed by atoms with Crippen LogP contribution in [-0.2, 0) is 12.8 Å². The summed E-state index contributed by atoms with van der Waals surface area (Å²) in [6.45, 7) is 28.0. The monoisotopic (exact) mass is 590 g/mol. The molecule has 0 aliphatic heterocycles. The van der Waals surface area contributed by atoms with Crippen molar-refractivity contribution in [1.29, 1.82) is 0 Å². The second kappa shape index (κ2) is 19.1. The molecule has 0 heteroatoms. The van der Waals surface area contributed by atoms with Crippen molar-refractivity contribution >= 4 is 5.57 Å². The molecule has 0 spiro atoms. The van der Waals surface area contributed by atoms with Crippen molar-refractivity contribution in [1.82, 2.24) is 0 Å². The van der Waals surface area contributed by atoms with Crippen LogP contribution in [0.4, 0.5) is 0 Å². The fourth-order valence-corrected chi connectivity index (χ4v) is 6.23. The van der Waals surface area contributed by atoms with Crippen LogP contribution in [0.25, 0.3) is 5.57 Å². The maximum absolute atomic E-state index is 4.52. The van der Waals surface area contributed by atoms with Gasteiger partial charge in [0.25, 0.3) is 0 Å². The lowest BCUT2D eigenvalue weighted by atomic mass is 9.71.